The van der Waals surface area contributed by atoms with E-state index in [0.717, 1.165) is 18.1 Å². The van der Waals surface area contributed by atoms with Crippen molar-refractivity contribution in [1.29, 1.82) is 0 Å². The van der Waals surface area contributed by atoms with Crippen LogP contribution in [0.15, 0.2) is 36.9 Å². The lowest BCUT2D eigenvalue weighted by atomic mass is 10.0. The third kappa shape index (κ3) is 3.38. The molecule has 1 amide bonds. The van der Waals surface area contributed by atoms with Gasteiger partial charge in [-0.05, 0) is 19.1 Å². The summed E-state index contributed by atoms with van der Waals surface area (Å²) in [6, 6.07) is 5.96. The first-order valence-electron chi connectivity index (χ1n) is 8.61. The molecule has 1 atom stereocenters. The molecule has 0 aliphatic carbocycles. The van der Waals surface area contributed by atoms with Crippen LogP contribution in [-0.4, -0.2) is 65.9 Å². The molecule has 0 aromatic carbocycles. The summed E-state index contributed by atoms with van der Waals surface area (Å²) in [5.74, 6) is 0.792. The molecule has 0 saturated carbocycles. The number of anilines is 2. The number of hydrogen-bond acceptors (Lipinski definition) is 7. The number of carbonyl (C=O) groups is 1. The predicted molar refractivity (Wildman–Crippen MR) is 95.1 cm³/mol. The van der Waals surface area contributed by atoms with Crippen molar-refractivity contribution in [2.24, 2.45) is 0 Å². The van der Waals surface area contributed by atoms with Gasteiger partial charge in [0.2, 0.25) is 0 Å². The van der Waals surface area contributed by atoms with E-state index in [1.807, 2.05) is 25.1 Å². The van der Waals surface area contributed by atoms with Gasteiger partial charge < -0.3 is 19.3 Å². The second-order valence-corrected chi connectivity index (χ2v) is 6.66. The van der Waals surface area contributed by atoms with Gasteiger partial charge in [-0.2, -0.15) is 0 Å². The molecule has 0 radical (unpaired) electrons. The van der Waals surface area contributed by atoms with E-state index < -0.39 is 5.60 Å². The van der Waals surface area contributed by atoms with Gasteiger partial charge in [0.25, 0.3) is 5.91 Å². The highest BCUT2D eigenvalue weighted by Crippen LogP contribution is 2.28. The summed E-state index contributed by atoms with van der Waals surface area (Å²) < 4.78 is 11.8. The molecule has 136 valence electrons. The van der Waals surface area contributed by atoms with Crippen molar-refractivity contribution >= 4 is 17.4 Å². The quantitative estimate of drug-likeness (QED) is 0.789. The maximum Gasteiger partial charge on any atom is 0.253 e. The number of rotatable bonds is 2. The summed E-state index contributed by atoms with van der Waals surface area (Å²) in [5, 5.41) is 0. The monoisotopic (exact) mass is 355 g/mol. The molecule has 4 rings (SSSR count). The minimum Gasteiger partial charge on any atom is -0.376 e. The van der Waals surface area contributed by atoms with Gasteiger partial charge in [-0.3, -0.25) is 4.79 Å². The molecule has 4 heterocycles. The first kappa shape index (κ1) is 16.9. The van der Waals surface area contributed by atoms with E-state index in [2.05, 4.69) is 19.9 Å². The van der Waals surface area contributed by atoms with E-state index in [1.54, 1.807) is 17.3 Å². The molecule has 26 heavy (non-hydrogen) atoms. The number of pyridine rings is 1. The maximum atomic E-state index is 12.4. The fraction of sp³-hybridized carbons (Fsp3) is 0.444. The van der Waals surface area contributed by atoms with Crippen molar-refractivity contribution in [1.82, 2.24) is 15.0 Å². The Hall–Kier alpha value is -2.58. The van der Waals surface area contributed by atoms with Crippen molar-refractivity contribution in [2.45, 2.75) is 12.5 Å². The Morgan fingerprint density at radius 3 is 2.85 bits per heavy atom. The summed E-state index contributed by atoms with van der Waals surface area (Å²) in [7, 11) is 0. The van der Waals surface area contributed by atoms with Crippen LogP contribution in [0.5, 0.6) is 0 Å². The van der Waals surface area contributed by atoms with Crippen LogP contribution in [0.25, 0.3) is 0 Å². The average Bonchev–Trinajstić information content (AvgIpc) is 2.88. The summed E-state index contributed by atoms with van der Waals surface area (Å²) in [4.78, 5) is 28.9. The van der Waals surface area contributed by atoms with Gasteiger partial charge in [0, 0.05) is 12.2 Å². The van der Waals surface area contributed by atoms with Gasteiger partial charge in [-0.25, -0.2) is 15.0 Å². The van der Waals surface area contributed by atoms with Crippen molar-refractivity contribution in [2.75, 3.05) is 49.3 Å². The predicted octanol–water partition coefficient (Wildman–Crippen LogP) is 0.819. The number of ether oxygens (including phenoxy) is 2. The average molecular weight is 355 g/mol. The Labute approximate surface area is 151 Å². The van der Waals surface area contributed by atoms with E-state index >= 15 is 0 Å². The van der Waals surface area contributed by atoms with E-state index in [1.165, 1.54) is 6.33 Å². The number of hydrogen-bond donors (Lipinski definition) is 0. The third-order valence-corrected chi connectivity index (χ3v) is 4.66. The van der Waals surface area contributed by atoms with E-state index in [9.17, 15) is 4.79 Å². The molecule has 2 fully saturated rings. The summed E-state index contributed by atoms with van der Waals surface area (Å²) >= 11 is 0. The van der Waals surface area contributed by atoms with Crippen LogP contribution in [0.3, 0.4) is 0 Å². The fourth-order valence-corrected chi connectivity index (χ4v) is 3.37. The highest BCUT2D eigenvalue weighted by Gasteiger charge is 2.43. The highest BCUT2D eigenvalue weighted by atomic mass is 16.6. The SMILES string of the molecule is Cc1cccc(N2CCOCC3(C2)CN(c2cncnc2)C(=O)CO3)n1. The first-order valence-corrected chi connectivity index (χ1v) is 8.61. The van der Waals surface area contributed by atoms with Gasteiger partial charge in [0.1, 0.15) is 24.4 Å². The minimum absolute atomic E-state index is 0.00728. The van der Waals surface area contributed by atoms with E-state index in [0.29, 0.717) is 32.0 Å². The number of nitrogens with zero attached hydrogens (tertiary/aromatic N) is 5. The van der Waals surface area contributed by atoms with Crippen LogP contribution in [0.1, 0.15) is 5.69 Å². The third-order valence-electron chi connectivity index (χ3n) is 4.66. The Morgan fingerprint density at radius 2 is 2.04 bits per heavy atom. The van der Waals surface area contributed by atoms with Gasteiger partial charge >= 0.3 is 0 Å². The molecule has 2 aromatic heterocycles. The van der Waals surface area contributed by atoms with E-state index in [4.69, 9.17) is 9.47 Å². The second kappa shape index (κ2) is 6.97. The van der Waals surface area contributed by atoms with Crippen molar-refractivity contribution in [3.8, 4) is 0 Å². The molecule has 0 bridgehead atoms. The Bertz CT molecular complexity index is 787. The van der Waals surface area contributed by atoms with Crippen LogP contribution in [0.4, 0.5) is 11.5 Å². The Kier molecular flexibility index (Phi) is 4.52. The van der Waals surface area contributed by atoms with Crippen LogP contribution in [-0.2, 0) is 14.3 Å². The van der Waals surface area contributed by atoms with Crippen LogP contribution >= 0.6 is 0 Å². The second-order valence-electron chi connectivity index (χ2n) is 6.66. The van der Waals surface area contributed by atoms with Crippen LogP contribution in [0.2, 0.25) is 0 Å². The van der Waals surface area contributed by atoms with Crippen molar-refractivity contribution < 1.29 is 14.3 Å². The zero-order chi connectivity index (χ0) is 18.0. The molecule has 8 nitrogen and oxygen atoms in total. The summed E-state index contributed by atoms with van der Waals surface area (Å²) in [5.41, 5.74) is 1.01. The highest BCUT2D eigenvalue weighted by molar-refractivity contribution is 5.94. The molecular weight excluding hydrogens is 334 g/mol. The standard InChI is InChI=1S/C18H21N5O3/c1-14-3-2-4-16(21-14)22-5-6-25-12-18(10-22)11-23(17(24)9-26-18)15-7-19-13-20-8-15/h2-4,7-8,13H,5-6,9-12H2,1H3. The van der Waals surface area contributed by atoms with Crippen LogP contribution in [0, 0.1) is 6.92 Å². The topological polar surface area (TPSA) is 80.7 Å². The first-order chi connectivity index (χ1) is 12.7. The fourth-order valence-electron chi connectivity index (χ4n) is 3.37. The number of aryl methyl sites for hydroxylation is 1. The molecule has 1 spiro atoms. The van der Waals surface area contributed by atoms with Gasteiger partial charge in [0.05, 0.1) is 44.4 Å². The zero-order valence-corrected chi connectivity index (χ0v) is 14.7. The Morgan fingerprint density at radius 1 is 1.19 bits per heavy atom. The van der Waals surface area contributed by atoms with Crippen molar-refractivity contribution in [3.05, 3.63) is 42.6 Å². The normalized spacial score (nSPS) is 24.0. The molecular formula is C18H21N5O3. The van der Waals surface area contributed by atoms with Crippen LogP contribution < -0.4 is 9.80 Å². The minimum atomic E-state index is -0.619. The zero-order valence-electron chi connectivity index (χ0n) is 14.7. The van der Waals surface area contributed by atoms with Gasteiger partial charge in [-0.1, -0.05) is 6.07 Å². The lowest BCUT2D eigenvalue weighted by Crippen LogP contribution is -2.61. The van der Waals surface area contributed by atoms with Crippen molar-refractivity contribution in [3.63, 3.8) is 0 Å². The molecule has 0 N–H and O–H groups in total. The van der Waals surface area contributed by atoms with Gasteiger partial charge in [0.15, 0.2) is 0 Å². The lowest BCUT2D eigenvalue weighted by Gasteiger charge is -2.42. The largest absolute Gasteiger partial charge is 0.376 e. The van der Waals surface area contributed by atoms with Gasteiger partial charge in [-0.15, -0.1) is 0 Å². The smallest absolute Gasteiger partial charge is 0.253 e. The summed E-state index contributed by atoms with van der Waals surface area (Å²) in [6.07, 6.45) is 4.73. The molecule has 2 aliphatic heterocycles. The Balaban J connectivity index is 1.60. The summed E-state index contributed by atoms with van der Waals surface area (Å²) in [6.45, 7) is 4.70. The lowest BCUT2D eigenvalue weighted by molar-refractivity contribution is -0.143. The molecule has 2 saturated heterocycles. The maximum absolute atomic E-state index is 12.4. The molecule has 1 unspecified atom stereocenters. The molecule has 2 aliphatic rings. The molecule has 2 aromatic rings. The number of morpholine rings is 1. The van der Waals surface area contributed by atoms with E-state index in [-0.39, 0.29) is 12.5 Å². The number of carbonyl (C=O) groups excluding carboxylic acids is 1. The number of aromatic nitrogens is 3. The number of amides is 1. The molecule has 8 heteroatoms.